The molecule has 4 nitrogen and oxygen atoms in total. The lowest BCUT2D eigenvalue weighted by molar-refractivity contribution is 0.271. The number of likely N-dealkylation sites (N-methyl/N-ethyl adjacent to an activating group) is 1. The highest BCUT2D eigenvalue weighted by Crippen LogP contribution is 2.35. The Kier molecular flexibility index (Phi) is 6.40. The molecule has 1 N–H and O–H groups in total. The molecule has 158 valence electrons. The summed E-state index contributed by atoms with van der Waals surface area (Å²) in [6.45, 7) is 10.1. The second-order valence-corrected chi connectivity index (χ2v) is 9.05. The van der Waals surface area contributed by atoms with Crippen LogP contribution in [0.5, 0.6) is 0 Å². The molecule has 5 heteroatoms. The van der Waals surface area contributed by atoms with Crippen LogP contribution in [0.4, 0.5) is 17.1 Å². The first-order valence-electron chi connectivity index (χ1n) is 10.8. The second-order valence-electron chi connectivity index (χ2n) is 8.20. The lowest BCUT2D eigenvalue weighted by Crippen LogP contribution is -2.46. The molecule has 3 aromatic rings. The Morgan fingerprint density at radius 3 is 2.33 bits per heavy atom. The molecule has 0 saturated carbocycles. The molecule has 4 rings (SSSR count). The number of rotatable bonds is 6. The predicted molar refractivity (Wildman–Crippen MR) is 133 cm³/mol. The van der Waals surface area contributed by atoms with Crippen molar-refractivity contribution in [3.63, 3.8) is 0 Å². The first-order chi connectivity index (χ1) is 14.5. The topological polar surface area (TPSA) is 21.8 Å². The van der Waals surface area contributed by atoms with E-state index in [2.05, 4.69) is 102 Å². The van der Waals surface area contributed by atoms with Gasteiger partial charge < -0.3 is 19.4 Å². The smallest absolute Gasteiger partial charge is 0.0444 e. The zero-order valence-electron chi connectivity index (χ0n) is 18.5. The number of fused-ring (bicyclic) bond motifs is 1. The molecule has 0 bridgehead atoms. The van der Waals surface area contributed by atoms with Crippen LogP contribution in [0.1, 0.15) is 12.5 Å². The van der Waals surface area contributed by atoms with Gasteiger partial charge in [0.25, 0.3) is 0 Å². The Morgan fingerprint density at radius 1 is 0.933 bits per heavy atom. The van der Waals surface area contributed by atoms with Crippen molar-refractivity contribution < 1.29 is 0 Å². The Hall–Kier alpha value is -2.37. The fourth-order valence-corrected chi connectivity index (χ4v) is 5.02. The second kappa shape index (κ2) is 9.19. The van der Waals surface area contributed by atoms with Crippen LogP contribution < -0.4 is 14.5 Å². The van der Waals surface area contributed by atoms with Crippen LogP contribution in [-0.2, 0) is 0 Å². The summed E-state index contributed by atoms with van der Waals surface area (Å²) in [4.78, 5) is 8.44. The summed E-state index contributed by atoms with van der Waals surface area (Å²) in [7, 11) is 4.21. The van der Waals surface area contributed by atoms with Crippen LogP contribution in [0.25, 0.3) is 10.8 Å². The van der Waals surface area contributed by atoms with Gasteiger partial charge in [-0.2, -0.15) is 0 Å². The number of nitrogens with zero attached hydrogens (tertiary/aromatic N) is 3. The maximum Gasteiger partial charge on any atom is 0.0444 e. The molecule has 0 aromatic heterocycles. The van der Waals surface area contributed by atoms with E-state index >= 15 is 0 Å². The van der Waals surface area contributed by atoms with E-state index in [0.717, 1.165) is 38.4 Å². The first-order valence-corrected chi connectivity index (χ1v) is 11.6. The van der Waals surface area contributed by atoms with Gasteiger partial charge in [-0.05, 0) is 78.8 Å². The van der Waals surface area contributed by atoms with Crippen LogP contribution >= 0.6 is 11.9 Å². The van der Waals surface area contributed by atoms with Gasteiger partial charge in [0.15, 0.2) is 0 Å². The molecule has 1 heterocycles. The molecule has 1 aliphatic heterocycles. The summed E-state index contributed by atoms with van der Waals surface area (Å²) >= 11 is 1.69. The van der Waals surface area contributed by atoms with Crippen LogP contribution in [0, 0.1) is 6.92 Å². The number of piperazine rings is 1. The van der Waals surface area contributed by atoms with Gasteiger partial charge in [-0.15, -0.1) is 0 Å². The van der Waals surface area contributed by atoms with Gasteiger partial charge in [-0.25, -0.2) is 0 Å². The van der Waals surface area contributed by atoms with E-state index in [0.29, 0.717) is 0 Å². The SMILES string of the molecule is CCN1CCN(c2ccc(NSc3cc(C)cc4c(N(C)C)cccc34)cc2)CC1. The summed E-state index contributed by atoms with van der Waals surface area (Å²) in [5.41, 5.74) is 4.99. The lowest BCUT2D eigenvalue weighted by Gasteiger charge is -2.35. The number of benzene rings is 3. The summed E-state index contributed by atoms with van der Waals surface area (Å²) in [6, 6.07) is 19.9. The van der Waals surface area contributed by atoms with Crippen LogP contribution in [0.15, 0.2) is 59.5 Å². The van der Waals surface area contributed by atoms with Crippen molar-refractivity contribution in [3.05, 3.63) is 60.2 Å². The summed E-state index contributed by atoms with van der Waals surface area (Å²) < 4.78 is 3.55. The van der Waals surface area contributed by atoms with Gasteiger partial charge >= 0.3 is 0 Å². The fraction of sp³-hybridized carbons (Fsp3) is 0.360. The summed E-state index contributed by atoms with van der Waals surface area (Å²) in [6.07, 6.45) is 0. The molecule has 0 radical (unpaired) electrons. The number of hydrogen-bond acceptors (Lipinski definition) is 5. The number of anilines is 3. The molecule has 30 heavy (non-hydrogen) atoms. The highest BCUT2D eigenvalue weighted by molar-refractivity contribution is 8.00. The quantitative estimate of drug-likeness (QED) is 0.532. The third-order valence-corrected chi connectivity index (χ3v) is 6.79. The molecule has 0 amide bonds. The van der Waals surface area contributed by atoms with E-state index in [1.807, 2.05) is 0 Å². The largest absolute Gasteiger partial charge is 0.377 e. The Bertz CT molecular complexity index is 992. The summed E-state index contributed by atoms with van der Waals surface area (Å²) in [5.74, 6) is 0. The molecule has 0 unspecified atom stereocenters. The number of nitrogens with one attached hydrogen (secondary N) is 1. The molecule has 1 saturated heterocycles. The highest BCUT2D eigenvalue weighted by Gasteiger charge is 2.15. The van der Waals surface area contributed by atoms with E-state index < -0.39 is 0 Å². The Labute approximate surface area is 185 Å². The Balaban J connectivity index is 1.47. The number of aryl methyl sites for hydroxylation is 1. The third-order valence-electron chi connectivity index (χ3n) is 5.89. The zero-order chi connectivity index (χ0) is 21.1. The number of hydrogen-bond donors (Lipinski definition) is 1. The van der Waals surface area contributed by atoms with E-state index in [1.54, 1.807) is 11.9 Å². The van der Waals surface area contributed by atoms with E-state index in [9.17, 15) is 0 Å². The monoisotopic (exact) mass is 420 g/mol. The van der Waals surface area contributed by atoms with Crippen molar-refractivity contribution in [1.29, 1.82) is 0 Å². The van der Waals surface area contributed by atoms with E-state index in [1.165, 1.54) is 32.6 Å². The normalized spacial score (nSPS) is 14.9. The molecule has 1 aliphatic rings. The Morgan fingerprint density at radius 2 is 1.67 bits per heavy atom. The molecular weight excluding hydrogens is 388 g/mol. The van der Waals surface area contributed by atoms with Gasteiger partial charge in [0, 0.05) is 67.6 Å². The van der Waals surface area contributed by atoms with Crippen molar-refractivity contribution in [2.24, 2.45) is 0 Å². The first kappa shape index (κ1) is 20.9. The maximum absolute atomic E-state index is 3.55. The highest BCUT2D eigenvalue weighted by atomic mass is 32.2. The molecular formula is C25H32N4S. The van der Waals surface area contributed by atoms with E-state index in [-0.39, 0.29) is 0 Å². The van der Waals surface area contributed by atoms with Crippen molar-refractivity contribution >= 4 is 39.8 Å². The molecule has 0 aliphatic carbocycles. The van der Waals surface area contributed by atoms with Gasteiger partial charge in [0.1, 0.15) is 0 Å². The third kappa shape index (κ3) is 4.52. The van der Waals surface area contributed by atoms with Crippen molar-refractivity contribution in [3.8, 4) is 0 Å². The van der Waals surface area contributed by atoms with Gasteiger partial charge in [-0.3, -0.25) is 0 Å². The average Bonchev–Trinajstić information content (AvgIpc) is 2.77. The van der Waals surface area contributed by atoms with Gasteiger partial charge in [0.05, 0.1) is 0 Å². The van der Waals surface area contributed by atoms with Crippen molar-refractivity contribution in [1.82, 2.24) is 4.90 Å². The minimum atomic E-state index is 1.11. The van der Waals surface area contributed by atoms with Crippen LogP contribution in [-0.4, -0.2) is 51.7 Å². The van der Waals surface area contributed by atoms with Crippen LogP contribution in [0.2, 0.25) is 0 Å². The van der Waals surface area contributed by atoms with Crippen molar-refractivity contribution in [2.45, 2.75) is 18.7 Å². The van der Waals surface area contributed by atoms with E-state index in [4.69, 9.17) is 0 Å². The van der Waals surface area contributed by atoms with Crippen LogP contribution in [0.3, 0.4) is 0 Å². The zero-order valence-corrected chi connectivity index (χ0v) is 19.3. The van der Waals surface area contributed by atoms with Gasteiger partial charge in [-0.1, -0.05) is 19.1 Å². The maximum atomic E-state index is 3.55. The van der Waals surface area contributed by atoms with Crippen molar-refractivity contribution in [2.75, 3.05) is 61.3 Å². The fourth-order valence-electron chi connectivity index (χ4n) is 4.12. The molecule has 0 spiro atoms. The minimum Gasteiger partial charge on any atom is -0.377 e. The summed E-state index contributed by atoms with van der Waals surface area (Å²) in [5, 5.41) is 2.59. The molecule has 3 aromatic carbocycles. The standard InChI is InChI=1S/C25H32N4S/c1-5-28-13-15-29(16-14-28)21-11-9-20(10-12-21)26-30-25-18-19(2)17-23-22(25)7-6-8-24(23)27(3)4/h6-12,17-18,26H,5,13-16H2,1-4H3. The molecule has 0 atom stereocenters. The predicted octanol–water partition coefficient (Wildman–Crippen LogP) is 5.48. The van der Waals surface area contributed by atoms with Gasteiger partial charge in [0.2, 0.25) is 0 Å². The molecule has 1 fully saturated rings. The minimum absolute atomic E-state index is 1.11. The lowest BCUT2D eigenvalue weighted by atomic mass is 10.1. The average molecular weight is 421 g/mol.